The van der Waals surface area contributed by atoms with Crippen LogP contribution >= 0.6 is 0 Å². The van der Waals surface area contributed by atoms with Crippen molar-refractivity contribution in [2.24, 2.45) is 4.99 Å². The Kier molecular flexibility index (Phi) is 6.29. The van der Waals surface area contributed by atoms with Crippen LogP contribution in [0.25, 0.3) is 0 Å². The first-order valence-corrected chi connectivity index (χ1v) is 7.13. The van der Waals surface area contributed by atoms with Crippen LogP contribution in [0.4, 0.5) is 0 Å². The van der Waals surface area contributed by atoms with Gasteiger partial charge in [-0.15, -0.1) is 0 Å². The van der Waals surface area contributed by atoms with Gasteiger partial charge >= 0.3 is 0 Å². The minimum absolute atomic E-state index is 0.220. The SMILES string of the molecule is CC[SiH](CC)C(O)C=NC(C)C. The Hall–Kier alpha value is -0.153. The van der Waals surface area contributed by atoms with E-state index in [1.807, 2.05) is 13.8 Å². The first-order chi connectivity index (χ1) is 5.61. The lowest BCUT2D eigenvalue weighted by Gasteiger charge is -2.14. The fourth-order valence-electron chi connectivity index (χ4n) is 1.15. The molecule has 1 unspecified atom stereocenters. The van der Waals surface area contributed by atoms with Crippen LogP contribution in [0, 0.1) is 0 Å². The fourth-order valence-corrected chi connectivity index (χ4v) is 3.04. The van der Waals surface area contributed by atoms with Crippen molar-refractivity contribution in [1.29, 1.82) is 0 Å². The van der Waals surface area contributed by atoms with E-state index < -0.39 is 8.80 Å². The Bertz CT molecular complexity index is 132. The van der Waals surface area contributed by atoms with Crippen molar-refractivity contribution in [3.63, 3.8) is 0 Å². The van der Waals surface area contributed by atoms with Crippen molar-refractivity contribution >= 4 is 15.0 Å². The molecule has 72 valence electrons. The van der Waals surface area contributed by atoms with Crippen LogP contribution in [-0.4, -0.2) is 31.9 Å². The van der Waals surface area contributed by atoms with E-state index in [2.05, 4.69) is 18.8 Å². The van der Waals surface area contributed by atoms with E-state index in [1.165, 1.54) is 0 Å². The van der Waals surface area contributed by atoms with Crippen molar-refractivity contribution in [2.45, 2.75) is 51.6 Å². The molecule has 0 aliphatic heterocycles. The Balaban J connectivity index is 3.91. The Morgan fingerprint density at radius 1 is 1.33 bits per heavy atom. The van der Waals surface area contributed by atoms with Crippen LogP contribution in [0.2, 0.25) is 12.1 Å². The van der Waals surface area contributed by atoms with Crippen LogP contribution in [0.5, 0.6) is 0 Å². The Morgan fingerprint density at radius 3 is 2.17 bits per heavy atom. The van der Waals surface area contributed by atoms with Gasteiger partial charge in [-0.05, 0) is 13.8 Å². The molecule has 12 heavy (non-hydrogen) atoms. The lowest BCUT2D eigenvalue weighted by Crippen LogP contribution is -2.30. The minimum atomic E-state index is -0.939. The van der Waals surface area contributed by atoms with Gasteiger partial charge in [0, 0.05) is 12.3 Å². The first-order valence-electron chi connectivity index (χ1n) is 4.83. The van der Waals surface area contributed by atoms with E-state index in [0.717, 1.165) is 12.1 Å². The third-order valence-electron chi connectivity index (χ3n) is 2.07. The van der Waals surface area contributed by atoms with Gasteiger partial charge in [0.15, 0.2) is 0 Å². The molecule has 0 radical (unpaired) electrons. The highest BCUT2D eigenvalue weighted by atomic mass is 28.3. The van der Waals surface area contributed by atoms with Crippen LogP contribution in [-0.2, 0) is 0 Å². The van der Waals surface area contributed by atoms with Gasteiger partial charge in [0.2, 0.25) is 0 Å². The van der Waals surface area contributed by atoms with Gasteiger partial charge in [-0.3, -0.25) is 4.99 Å². The number of aliphatic hydroxyl groups is 1. The van der Waals surface area contributed by atoms with Crippen LogP contribution in [0.1, 0.15) is 27.7 Å². The van der Waals surface area contributed by atoms with Gasteiger partial charge in [-0.25, -0.2) is 0 Å². The van der Waals surface area contributed by atoms with Gasteiger partial charge < -0.3 is 5.11 Å². The van der Waals surface area contributed by atoms with E-state index in [4.69, 9.17) is 0 Å². The Labute approximate surface area is 77.3 Å². The van der Waals surface area contributed by atoms with Crippen molar-refractivity contribution in [3.05, 3.63) is 0 Å². The molecule has 0 rings (SSSR count). The minimum Gasteiger partial charge on any atom is -0.391 e. The molecule has 0 aliphatic rings. The van der Waals surface area contributed by atoms with Gasteiger partial charge in [0.25, 0.3) is 0 Å². The molecule has 2 nitrogen and oxygen atoms in total. The summed E-state index contributed by atoms with van der Waals surface area (Å²) in [5, 5.41) is 9.67. The zero-order valence-electron chi connectivity index (χ0n) is 8.62. The number of hydrogen-bond acceptors (Lipinski definition) is 2. The smallest absolute Gasteiger partial charge is 0.0777 e. The highest BCUT2D eigenvalue weighted by Crippen LogP contribution is 2.02. The van der Waals surface area contributed by atoms with Crippen LogP contribution in [0.15, 0.2) is 4.99 Å². The molecule has 0 aliphatic carbocycles. The van der Waals surface area contributed by atoms with Crippen molar-refractivity contribution in [3.8, 4) is 0 Å². The molecule has 0 aromatic carbocycles. The second kappa shape index (κ2) is 6.37. The second-order valence-corrected chi connectivity index (χ2v) is 7.30. The zero-order valence-corrected chi connectivity index (χ0v) is 9.77. The van der Waals surface area contributed by atoms with Gasteiger partial charge in [-0.2, -0.15) is 0 Å². The molecule has 0 saturated carbocycles. The largest absolute Gasteiger partial charge is 0.391 e. The maximum Gasteiger partial charge on any atom is 0.0777 e. The number of aliphatic hydroxyl groups excluding tert-OH is 1. The maximum absolute atomic E-state index is 9.67. The summed E-state index contributed by atoms with van der Waals surface area (Å²) >= 11 is 0. The van der Waals surface area contributed by atoms with Crippen molar-refractivity contribution in [1.82, 2.24) is 0 Å². The van der Waals surface area contributed by atoms with Crippen molar-refractivity contribution in [2.75, 3.05) is 0 Å². The molecule has 3 heteroatoms. The molecular weight excluding hydrogens is 166 g/mol. The first kappa shape index (κ1) is 11.8. The van der Waals surface area contributed by atoms with Gasteiger partial charge in [0.05, 0.1) is 14.5 Å². The third-order valence-corrected chi connectivity index (χ3v) is 5.30. The molecule has 0 heterocycles. The van der Waals surface area contributed by atoms with E-state index in [-0.39, 0.29) is 5.73 Å². The molecule has 0 bridgehead atoms. The van der Waals surface area contributed by atoms with Crippen LogP contribution < -0.4 is 0 Å². The topological polar surface area (TPSA) is 32.6 Å². The third kappa shape index (κ3) is 4.67. The van der Waals surface area contributed by atoms with Gasteiger partial charge in [-0.1, -0.05) is 25.9 Å². The quantitative estimate of drug-likeness (QED) is 0.515. The number of hydrogen-bond donors (Lipinski definition) is 1. The van der Waals surface area contributed by atoms with Crippen molar-refractivity contribution < 1.29 is 5.11 Å². The Morgan fingerprint density at radius 2 is 1.83 bits per heavy atom. The summed E-state index contributed by atoms with van der Waals surface area (Å²) in [4.78, 5) is 4.20. The summed E-state index contributed by atoms with van der Waals surface area (Å²) in [6.45, 7) is 8.37. The van der Waals surface area contributed by atoms with E-state index in [1.54, 1.807) is 6.21 Å². The average molecular weight is 187 g/mol. The standard InChI is InChI=1S/C9H21NOSi/c1-5-12(6-2)9(11)7-10-8(3)4/h7-9,11-12H,5-6H2,1-4H3. The number of aliphatic imine (C=N–C) groups is 1. The summed E-state index contributed by atoms with van der Waals surface area (Å²) in [5.74, 6) is 0. The number of rotatable bonds is 5. The van der Waals surface area contributed by atoms with Gasteiger partial charge in [0.1, 0.15) is 0 Å². The number of nitrogens with zero attached hydrogens (tertiary/aromatic N) is 1. The molecule has 0 aromatic rings. The average Bonchev–Trinajstić information content (AvgIpc) is 2.03. The summed E-state index contributed by atoms with van der Waals surface area (Å²) in [5.41, 5.74) is -0.220. The molecule has 0 fully saturated rings. The van der Waals surface area contributed by atoms with E-state index in [0.29, 0.717) is 6.04 Å². The molecule has 0 spiro atoms. The fraction of sp³-hybridized carbons (Fsp3) is 0.889. The maximum atomic E-state index is 9.67. The molecule has 0 aromatic heterocycles. The summed E-state index contributed by atoms with van der Waals surface area (Å²) in [6, 6.07) is 2.62. The van der Waals surface area contributed by atoms with Crippen LogP contribution in [0.3, 0.4) is 0 Å². The summed E-state index contributed by atoms with van der Waals surface area (Å²) < 4.78 is 0. The zero-order chi connectivity index (χ0) is 9.56. The monoisotopic (exact) mass is 187 g/mol. The molecule has 1 N–H and O–H groups in total. The molecular formula is C9H21NOSi. The van der Waals surface area contributed by atoms with E-state index in [9.17, 15) is 5.11 Å². The summed E-state index contributed by atoms with van der Waals surface area (Å²) in [6.07, 6.45) is 1.74. The molecule has 0 amide bonds. The predicted molar refractivity (Wildman–Crippen MR) is 57.7 cm³/mol. The predicted octanol–water partition coefficient (Wildman–Crippen LogP) is 1.63. The highest BCUT2D eigenvalue weighted by Gasteiger charge is 2.14. The highest BCUT2D eigenvalue weighted by molar-refractivity contribution is 6.63. The summed E-state index contributed by atoms with van der Waals surface area (Å²) in [7, 11) is -0.939. The second-order valence-electron chi connectivity index (χ2n) is 3.46. The lowest BCUT2D eigenvalue weighted by molar-refractivity contribution is 0.314. The molecule has 0 saturated heterocycles. The van der Waals surface area contributed by atoms with E-state index >= 15 is 0 Å². The lowest BCUT2D eigenvalue weighted by atomic mass is 10.4. The normalized spacial score (nSPS) is 14.9. The molecule has 1 atom stereocenters.